The number of amides is 2. The summed E-state index contributed by atoms with van der Waals surface area (Å²) >= 11 is 1.71. The van der Waals surface area contributed by atoms with Crippen LogP contribution in [-0.2, 0) is 16.1 Å². The molecule has 24 heavy (non-hydrogen) atoms. The van der Waals surface area contributed by atoms with Crippen LogP contribution < -0.4 is 5.32 Å². The molecule has 2 aromatic heterocycles. The van der Waals surface area contributed by atoms with Gasteiger partial charge in [0.15, 0.2) is 0 Å². The maximum atomic E-state index is 12.6. The third kappa shape index (κ3) is 2.38. The van der Waals surface area contributed by atoms with Gasteiger partial charge in [-0.05, 0) is 31.9 Å². The molecule has 2 amide bonds. The number of hydrogen-bond acceptors (Lipinski definition) is 4. The van der Waals surface area contributed by atoms with Crippen LogP contribution in [0.2, 0.25) is 0 Å². The van der Waals surface area contributed by atoms with Gasteiger partial charge in [0.25, 0.3) is 0 Å². The average Bonchev–Trinajstić information content (AvgIpc) is 3.20. The molecule has 2 aliphatic rings. The van der Waals surface area contributed by atoms with Crippen molar-refractivity contribution in [3.8, 4) is 0 Å². The average molecular weight is 344 g/mol. The molecule has 0 aromatic carbocycles. The maximum Gasteiger partial charge on any atom is 0.244 e. The van der Waals surface area contributed by atoms with Crippen LogP contribution in [0.1, 0.15) is 31.0 Å². The van der Waals surface area contributed by atoms with Gasteiger partial charge in [-0.25, -0.2) is 4.98 Å². The number of rotatable bonds is 3. The van der Waals surface area contributed by atoms with E-state index >= 15 is 0 Å². The number of fused-ring (bicyclic) bond motifs is 2. The normalized spacial score (nSPS) is 26.2. The van der Waals surface area contributed by atoms with Crippen molar-refractivity contribution in [3.05, 3.63) is 35.8 Å². The molecule has 2 aliphatic heterocycles. The van der Waals surface area contributed by atoms with E-state index < -0.39 is 0 Å². The van der Waals surface area contributed by atoms with E-state index in [4.69, 9.17) is 0 Å². The molecular formula is C17H20N4O2S. The second-order valence-electron chi connectivity index (χ2n) is 6.64. The fourth-order valence-corrected chi connectivity index (χ4v) is 5.03. The highest BCUT2D eigenvalue weighted by Crippen LogP contribution is 2.47. The van der Waals surface area contributed by atoms with Crippen LogP contribution in [0.3, 0.4) is 0 Å². The van der Waals surface area contributed by atoms with Crippen molar-refractivity contribution in [2.24, 2.45) is 0 Å². The van der Waals surface area contributed by atoms with Gasteiger partial charge >= 0.3 is 0 Å². The van der Waals surface area contributed by atoms with Crippen molar-refractivity contribution >= 4 is 29.2 Å². The number of pyridine rings is 1. The van der Waals surface area contributed by atoms with E-state index in [0.29, 0.717) is 18.7 Å². The molecule has 7 heteroatoms. The van der Waals surface area contributed by atoms with Gasteiger partial charge in [0.05, 0.1) is 17.1 Å². The van der Waals surface area contributed by atoms with Crippen LogP contribution in [0.25, 0.3) is 5.65 Å². The Bertz CT molecular complexity index is 833. The third-order valence-corrected chi connectivity index (χ3v) is 6.42. The fourth-order valence-electron chi connectivity index (χ4n) is 3.60. The van der Waals surface area contributed by atoms with Gasteiger partial charge in [-0.3, -0.25) is 9.59 Å². The Balaban J connectivity index is 1.46. The molecule has 2 atom stereocenters. The molecule has 1 N–H and O–H groups in total. The van der Waals surface area contributed by atoms with Gasteiger partial charge in [-0.1, -0.05) is 6.07 Å². The van der Waals surface area contributed by atoms with E-state index in [1.165, 1.54) is 0 Å². The molecule has 4 rings (SSSR count). The fraction of sp³-hybridized carbons (Fsp3) is 0.471. The summed E-state index contributed by atoms with van der Waals surface area (Å²) in [6.45, 7) is 4.45. The lowest BCUT2D eigenvalue weighted by atomic mass is 10.2. The predicted octanol–water partition coefficient (Wildman–Crippen LogP) is 1.71. The quantitative estimate of drug-likeness (QED) is 0.921. The molecule has 126 valence electrons. The van der Waals surface area contributed by atoms with Gasteiger partial charge in [0.2, 0.25) is 11.8 Å². The summed E-state index contributed by atoms with van der Waals surface area (Å²) in [7, 11) is 0. The Hall–Kier alpha value is -2.02. The summed E-state index contributed by atoms with van der Waals surface area (Å²) in [5, 5.41) is 2.95. The van der Waals surface area contributed by atoms with Crippen molar-refractivity contribution in [1.82, 2.24) is 19.6 Å². The molecule has 0 aliphatic carbocycles. The molecule has 0 spiro atoms. The molecule has 0 bridgehead atoms. The summed E-state index contributed by atoms with van der Waals surface area (Å²) in [4.78, 5) is 30.8. The number of aryl methyl sites for hydroxylation is 1. The summed E-state index contributed by atoms with van der Waals surface area (Å²) < 4.78 is 1.96. The first-order valence-electron chi connectivity index (χ1n) is 8.15. The van der Waals surface area contributed by atoms with Crippen LogP contribution in [0.4, 0.5) is 0 Å². The second kappa shape index (κ2) is 5.51. The Morgan fingerprint density at radius 1 is 1.54 bits per heavy atom. The molecular weight excluding hydrogens is 324 g/mol. The first kappa shape index (κ1) is 15.5. The summed E-state index contributed by atoms with van der Waals surface area (Å²) in [5.41, 5.74) is 2.82. The number of thioether (sulfide) groups is 1. The zero-order chi connectivity index (χ0) is 16.9. The lowest BCUT2D eigenvalue weighted by Crippen LogP contribution is -2.49. The zero-order valence-corrected chi connectivity index (χ0v) is 14.6. The van der Waals surface area contributed by atoms with Crippen LogP contribution in [0.5, 0.6) is 0 Å². The predicted molar refractivity (Wildman–Crippen MR) is 92.5 cm³/mol. The Labute approximate surface area is 144 Å². The van der Waals surface area contributed by atoms with E-state index in [1.54, 1.807) is 16.7 Å². The highest BCUT2D eigenvalue weighted by atomic mass is 32.2. The number of hydrogen-bond donors (Lipinski definition) is 1. The summed E-state index contributed by atoms with van der Waals surface area (Å²) in [6.07, 6.45) is 5.24. The SMILES string of the molecule is Cc1cccn2cc(CNC(=O)[C@@H]3CS[C@@]4(C)CCC(=O)N34)nc12. The topological polar surface area (TPSA) is 66.7 Å². The van der Waals surface area contributed by atoms with E-state index in [-0.39, 0.29) is 22.7 Å². The summed E-state index contributed by atoms with van der Waals surface area (Å²) in [5.74, 6) is 0.666. The largest absolute Gasteiger partial charge is 0.349 e. The molecule has 4 heterocycles. The van der Waals surface area contributed by atoms with Crippen LogP contribution in [0.15, 0.2) is 24.5 Å². The van der Waals surface area contributed by atoms with Crippen LogP contribution in [-0.4, -0.2) is 42.8 Å². The van der Waals surface area contributed by atoms with E-state index in [9.17, 15) is 9.59 Å². The number of nitrogens with zero attached hydrogens (tertiary/aromatic N) is 3. The molecule has 0 radical (unpaired) electrons. The number of carbonyl (C=O) groups excluding carboxylic acids is 2. The maximum absolute atomic E-state index is 12.6. The highest BCUT2D eigenvalue weighted by molar-refractivity contribution is 8.01. The Morgan fingerprint density at radius 3 is 3.17 bits per heavy atom. The molecule has 0 unspecified atom stereocenters. The minimum Gasteiger partial charge on any atom is -0.349 e. The van der Waals surface area contributed by atoms with Crippen molar-refractivity contribution in [2.75, 3.05) is 5.75 Å². The van der Waals surface area contributed by atoms with Crippen LogP contribution >= 0.6 is 11.8 Å². The first-order valence-corrected chi connectivity index (χ1v) is 9.13. The molecule has 0 saturated carbocycles. The van der Waals surface area contributed by atoms with Crippen molar-refractivity contribution < 1.29 is 9.59 Å². The van der Waals surface area contributed by atoms with Crippen LogP contribution in [0, 0.1) is 6.92 Å². The Morgan fingerprint density at radius 2 is 2.38 bits per heavy atom. The molecule has 2 saturated heterocycles. The summed E-state index contributed by atoms with van der Waals surface area (Å²) in [6, 6.07) is 3.62. The minimum absolute atomic E-state index is 0.0877. The molecule has 2 aromatic rings. The second-order valence-corrected chi connectivity index (χ2v) is 8.14. The van der Waals surface area contributed by atoms with E-state index in [0.717, 1.165) is 23.3 Å². The van der Waals surface area contributed by atoms with E-state index in [1.807, 2.05) is 35.9 Å². The molecule has 2 fully saturated rings. The smallest absolute Gasteiger partial charge is 0.244 e. The monoisotopic (exact) mass is 344 g/mol. The lowest BCUT2D eigenvalue weighted by molar-refractivity contribution is -0.138. The standard InChI is InChI=1S/C17H20N4O2S/c1-11-4-3-7-20-9-12(19-15(11)20)8-18-16(23)13-10-24-17(2)6-5-14(22)21(13)17/h3-4,7,9,13H,5-6,8,10H2,1-2H3,(H,18,23)/t13-,17-/m0/s1. The lowest BCUT2D eigenvalue weighted by Gasteiger charge is -2.29. The van der Waals surface area contributed by atoms with E-state index in [2.05, 4.69) is 17.2 Å². The van der Waals surface area contributed by atoms with Gasteiger partial charge in [0, 0.05) is 24.6 Å². The number of imidazole rings is 1. The van der Waals surface area contributed by atoms with Gasteiger partial charge < -0.3 is 14.6 Å². The highest BCUT2D eigenvalue weighted by Gasteiger charge is 2.52. The van der Waals surface area contributed by atoms with Gasteiger partial charge in [-0.15, -0.1) is 11.8 Å². The van der Waals surface area contributed by atoms with Crippen molar-refractivity contribution in [1.29, 1.82) is 0 Å². The zero-order valence-electron chi connectivity index (χ0n) is 13.8. The van der Waals surface area contributed by atoms with Gasteiger partial charge in [-0.2, -0.15) is 0 Å². The van der Waals surface area contributed by atoms with Crippen molar-refractivity contribution in [2.45, 2.75) is 44.1 Å². The minimum atomic E-state index is -0.367. The Kier molecular flexibility index (Phi) is 3.56. The number of carbonyl (C=O) groups is 2. The number of aromatic nitrogens is 2. The molecule has 6 nitrogen and oxygen atoms in total. The van der Waals surface area contributed by atoms with Gasteiger partial charge in [0.1, 0.15) is 11.7 Å². The first-order chi connectivity index (χ1) is 11.5. The third-order valence-electron chi connectivity index (χ3n) is 4.92. The number of nitrogens with one attached hydrogen (secondary N) is 1. The van der Waals surface area contributed by atoms with Crippen molar-refractivity contribution in [3.63, 3.8) is 0 Å².